The van der Waals surface area contributed by atoms with Gasteiger partial charge in [-0.25, -0.2) is 4.98 Å². The second kappa shape index (κ2) is 9.55. The number of amides is 1. The largest absolute Gasteiger partial charge is 0.489 e. The van der Waals surface area contributed by atoms with Crippen molar-refractivity contribution >= 4 is 17.4 Å². The van der Waals surface area contributed by atoms with Crippen molar-refractivity contribution in [2.45, 2.75) is 26.4 Å². The van der Waals surface area contributed by atoms with Crippen LogP contribution in [0, 0.1) is 0 Å². The maximum Gasteiger partial charge on any atom is 0.252 e. The summed E-state index contributed by atoms with van der Waals surface area (Å²) in [5, 5.41) is 6.17. The van der Waals surface area contributed by atoms with Gasteiger partial charge in [-0.15, -0.1) is 0 Å². The van der Waals surface area contributed by atoms with E-state index in [9.17, 15) is 4.79 Å². The highest BCUT2D eigenvalue weighted by Gasteiger charge is 2.08. The van der Waals surface area contributed by atoms with Crippen LogP contribution in [0.15, 0.2) is 72.9 Å². The van der Waals surface area contributed by atoms with E-state index in [1.165, 1.54) is 5.56 Å². The molecular formula is C23H25N3O2. The van der Waals surface area contributed by atoms with Crippen LogP contribution in [0.4, 0.5) is 11.5 Å². The van der Waals surface area contributed by atoms with Gasteiger partial charge in [0.2, 0.25) is 0 Å². The van der Waals surface area contributed by atoms with E-state index >= 15 is 0 Å². The number of pyridine rings is 1. The van der Waals surface area contributed by atoms with Crippen LogP contribution in [0.3, 0.4) is 0 Å². The number of hydrogen-bond acceptors (Lipinski definition) is 4. The fourth-order valence-electron chi connectivity index (χ4n) is 2.73. The molecule has 0 saturated heterocycles. The number of ether oxygens (including phenoxy) is 1. The predicted molar refractivity (Wildman–Crippen MR) is 112 cm³/mol. The van der Waals surface area contributed by atoms with Gasteiger partial charge in [0, 0.05) is 12.7 Å². The molecule has 3 aromatic rings. The van der Waals surface area contributed by atoms with Gasteiger partial charge in [-0.1, -0.05) is 42.5 Å². The minimum absolute atomic E-state index is 0.0814. The number of nitrogens with one attached hydrogen (secondary N) is 2. The average molecular weight is 375 g/mol. The van der Waals surface area contributed by atoms with Crippen molar-refractivity contribution in [1.29, 1.82) is 0 Å². The molecule has 5 heteroatoms. The summed E-state index contributed by atoms with van der Waals surface area (Å²) in [4.78, 5) is 16.6. The molecular weight excluding hydrogens is 350 g/mol. The van der Waals surface area contributed by atoms with Gasteiger partial charge in [-0.05, 0) is 50.1 Å². The zero-order valence-corrected chi connectivity index (χ0v) is 16.2. The molecule has 0 bridgehead atoms. The topological polar surface area (TPSA) is 63.2 Å². The zero-order valence-electron chi connectivity index (χ0n) is 16.2. The standard InChI is InChI=1S/C23H25N3O2/c1-17(2)28-21-11-7-6-10-20(21)26-22-13-12-19(16-25-22)23(27)24-15-14-18-8-4-3-5-9-18/h3-13,16-17H,14-15H2,1-2H3,(H,24,27)(H,25,26). The molecule has 2 aromatic carbocycles. The molecule has 5 nitrogen and oxygen atoms in total. The van der Waals surface area contributed by atoms with Gasteiger partial charge in [-0.3, -0.25) is 4.79 Å². The van der Waals surface area contributed by atoms with E-state index in [0.717, 1.165) is 17.9 Å². The Balaban J connectivity index is 1.57. The second-order valence-electron chi connectivity index (χ2n) is 6.71. The van der Waals surface area contributed by atoms with Gasteiger partial charge >= 0.3 is 0 Å². The molecule has 0 unspecified atom stereocenters. The SMILES string of the molecule is CC(C)Oc1ccccc1Nc1ccc(C(=O)NCCc2ccccc2)cn1. The minimum atomic E-state index is -0.126. The number of para-hydroxylation sites is 2. The molecule has 144 valence electrons. The molecule has 0 saturated carbocycles. The van der Waals surface area contributed by atoms with Gasteiger partial charge < -0.3 is 15.4 Å². The first-order chi connectivity index (χ1) is 13.6. The van der Waals surface area contributed by atoms with Crippen LogP contribution >= 0.6 is 0 Å². The molecule has 1 aromatic heterocycles. The number of benzene rings is 2. The van der Waals surface area contributed by atoms with Crippen molar-refractivity contribution in [1.82, 2.24) is 10.3 Å². The van der Waals surface area contributed by atoms with E-state index in [2.05, 4.69) is 27.8 Å². The number of rotatable bonds is 8. The van der Waals surface area contributed by atoms with Crippen LogP contribution in [0.25, 0.3) is 0 Å². The summed E-state index contributed by atoms with van der Waals surface area (Å²) in [6.45, 7) is 4.56. The number of anilines is 2. The van der Waals surface area contributed by atoms with Crippen molar-refractivity contribution in [3.8, 4) is 5.75 Å². The molecule has 0 aliphatic heterocycles. The van der Waals surface area contributed by atoms with E-state index < -0.39 is 0 Å². The van der Waals surface area contributed by atoms with Gasteiger partial charge in [0.05, 0.1) is 17.4 Å². The van der Waals surface area contributed by atoms with E-state index in [4.69, 9.17) is 4.74 Å². The molecule has 1 heterocycles. The Morgan fingerprint density at radius 3 is 2.46 bits per heavy atom. The maximum atomic E-state index is 12.3. The van der Waals surface area contributed by atoms with Crippen molar-refractivity contribution in [2.24, 2.45) is 0 Å². The van der Waals surface area contributed by atoms with Crippen molar-refractivity contribution in [3.63, 3.8) is 0 Å². The molecule has 2 N–H and O–H groups in total. The fraction of sp³-hybridized carbons (Fsp3) is 0.217. The molecule has 0 spiro atoms. The van der Waals surface area contributed by atoms with Crippen LogP contribution in [-0.2, 0) is 6.42 Å². The molecule has 0 aliphatic rings. The lowest BCUT2D eigenvalue weighted by molar-refractivity contribution is 0.0954. The number of aromatic nitrogens is 1. The lowest BCUT2D eigenvalue weighted by Gasteiger charge is -2.15. The third-order valence-corrected chi connectivity index (χ3v) is 4.08. The Kier molecular flexibility index (Phi) is 6.63. The van der Waals surface area contributed by atoms with E-state index in [1.54, 1.807) is 18.3 Å². The van der Waals surface area contributed by atoms with Gasteiger partial charge in [-0.2, -0.15) is 0 Å². The molecule has 0 aliphatic carbocycles. The summed E-state index contributed by atoms with van der Waals surface area (Å²) >= 11 is 0. The number of nitrogens with zero attached hydrogens (tertiary/aromatic N) is 1. The van der Waals surface area contributed by atoms with Gasteiger partial charge in [0.15, 0.2) is 0 Å². The Bertz CT molecular complexity index is 893. The fourth-order valence-corrected chi connectivity index (χ4v) is 2.73. The predicted octanol–water partition coefficient (Wildman–Crippen LogP) is 4.58. The number of carbonyl (C=O) groups is 1. The average Bonchev–Trinajstić information content (AvgIpc) is 2.70. The lowest BCUT2D eigenvalue weighted by atomic mass is 10.1. The van der Waals surface area contributed by atoms with Crippen molar-refractivity contribution in [3.05, 3.63) is 84.1 Å². The zero-order chi connectivity index (χ0) is 19.8. The second-order valence-corrected chi connectivity index (χ2v) is 6.71. The van der Waals surface area contributed by atoms with Crippen LogP contribution < -0.4 is 15.4 Å². The maximum absolute atomic E-state index is 12.3. The van der Waals surface area contributed by atoms with Crippen LogP contribution in [0.1, 0.15) is 29.8 Å². The lowest BCUT2D eigenvalue weighted by Crippen LogP contribution is -2.25. The Morgan fingerprint density at radius 2 is 1.75 bits per heavy atom. The monoisotopic (exact) mass is 375 g/mol. The van der Waals surface area contributed by atoms with Crippen LogP contribution in [-0.4, -0.2) is 23.5 Å². The molecule has 0 fully saturated rings. The summed E-state index contributed by atoms with van der Waals surface area (Å²) in [6.07, 6.45) is 2.45. The molecule has 0 atom stereocenters. The highest BCUT2D eigenvalue weighted by Crippen LogP contribution is 2.27. The van der Waals surface area contributed by atoms with Gasteiger partial charge in [0.1, 0.15) is 11.6 Å². The summed E-state index contributed by atoms with van der Waals surface area (Å²) < 4.78 is 5.81. The van der Waals surface area contributed by atoms with Crippen molar-refractivity contribution in [2.75, 3.05) is 11.9 Å². The Hall–Kier alpha value is -3.34. The smallest absolute Gasteiger partial charge is 0.252 e. The summed E-state index contributed by atoms with van der Waals surface area (Å²) in [7, 11) is 0. The molecule has 28 heavy (non-hydrogen) atoms. The Labute approximate surface area is 165 Å². The number of carbonyl (C=O) groups excluding carboxylic acids is 1. The highest BCUT2D eigenvalue weighted by atomic mass is 16.5. The summed E-state index contributed by atoms with van der Waals surface area (Å²) in [5.74, 6) is 1.29. The molecule has 1 amide bonds. The highest BCUT2D eigenvalue weighted by molar-refractivity contribution is 5.94. The molecule has 3 rings (SSSR count). The normalized spacial score (nSPS) is 10.5. The first-order valence-electron chi connectivity index (χ1n) is 9.42. The van der Waals surface area contributed by atoms with Gasteiger partial charge in [0.25, 0.3) is 5.91 Å². The van der Waals surface area contributed by atoms with Crippen LogP contribution in [0.5, 0.6) is 5.75 Å². The molecule has 0 radical (unpaired) electrons. The Morgan fingerprint density at radius 1 is 1.00 bits per heavy atom. The third kappa shape index (κ3) is 5.58. The van der Waals surface area contributed by atoms with E-state index in [0.29, 0.717) is 17.9 Å². The summed E-state index contributed by atoms with van der Waals surface area (Å²) in [5.41, 5.74) is 2.57. The minimum Gasteiger partial charge on any atom is -0.489 e. The first kappa shape index (κ1) is 19.4. The third-order valence-electron chi connectivity index (χ3n) is 4.08. The quantitative estimate of drug-likeness (QED) is 0.605. The van der Waals surface area contributed by atoms with E-state index in [-0.39, 0.29) is 12.0 Å². The van der Waals surface area contributed by atoms with Crippen molar-refractivity contribution < 1.29 is 9.53 Å². The number of hydrogen-bond donors (Lipinski definition) is 2. The van der Waals surface area contributed by atoms with E-state index in [1.807, 2.05) is 56.3 Å². The van der Waals surface area contributed by atoms with Crippen LogP contribution in [0.2, 0.25) is 0 Å². The summed E-state index contributed by atoms with van der Waals surface area (Å²) in [6, 6.07) is 21.3. The first-order valence-corrected chi connectivity index (χ1v) is 9.42.